The average Bonchev–Trinajstić information content (AvgIpc) is 3.24. The Morgan fingerprint density at radius 1 is 0.631 bits per heavy atom. The second kappa shape index (κ2) is 50.4. The molecule has 0 aromatic heterocycles. The maximum atomic E-state index is 11.1. The number of halogens is 1. The molecule has 0 radical (unpaired) electrons. The summed E-state index contributed by atoms with van der Waals surface area (Å²) in [5.41, 5.74) is 5.71. The molecule has 15 heteroatoms. The molecule has 4 rings (SSSR count). The molecule has 0 bridgehead atoms. The van der Waals surface area contributed by atoms with Crippen molar-refractivity contribution < 1.29 is 96.8 Å². The van der Waals surface area contributed by atoms with Crippen molar-refractivity contribution in [2.75, 3.05) is 26.4 Å². The fourth-order valence-corrected chi connectivity index (χ4v) is 3.90. The molecule has 0 fully saturated rings. The van der Waals surface area contributed by atoms with Gasteiger partial charge in [0.2, 0.25) is 0 Å². The SMILES string of the molecule is C.C.C=C(C)C(=O)OCCc1ccc(C(=O)O)cc1.C=C(C)C(C)=O.O=C(O)c1ccc(CCO)cc1.O=C=O.OCCc1cc[c-]cc1.OCCc1ccc(Br)cc1.[CH2-]CCC.[Li+].[Li+]. The van der Waals surface area contributed by atoms with Crippen LogP contribution in [-0.2, 0) is 49.6 Å². The first-order valence-corrected chi connectivity index (χ1v) is 19.7. The number of ether oxygens (including phenoxy) is 1. The number of carbonyl (C=O) groups is 4. The van der Waals surface area contributed by atoms with Gasteiger partial charge in [-0.25, -0.2) is 14.4 Å². The van der Waals surface area contributed by atoms with Crippen molar-refractivity contribution in [1.82, 2.24) is 0 Å². The van der Waals surface area contributed by atoms with E-state index in [9.17, 15) is 19.2 Å². The fourth-order valence-electron chi connectivity index (χ4n) is 3.64. The van der Waals surface area contributed by atoms with Crippen LogP contribution in [-0.4, -0.2) is 81.8 Å². The minimum Gasteiger partial charge on any atom is -0.478 e. The zero-order chi connectivity index (χ0) is 47.0. The number of benzene rings is 4. The van der Waals surface area contributed by atoms with Crippen molar-refractivity contribution >= 4 is 45.8 Å². The van der Waals surface area contributed by atoms with E-state index in [0.717, 1.165) is 40.4 Å². The van der Waals surface area contributed by atoms with E-state index in [2.05, 4.69) is 49.0 Å². The number of Topliss-reactive ketones (excluding diaryl/α,β-unsaturated/α-hetero) is 1. The molecule has 0 amide bonds. The molecule has 12 nitrogen and oxygen atoms in total. The number of esters is 1. The van der Waals surface area contributed by atoms with Crippen LogP contribution in [0.15, 0.2) is 126 Å². The molecule has 348 valence electrons. The summed E-state index contributed by atoms with van der Waals surface area (Å²) in [6, 6.07) is 31.4. The van der Waals surface area contributed by atoms with E-state index in [4.69, 9.17) is 39.9 Å². The summed E-state index contributed by atoms with van der Waals surface area (Å²) in [7, 11) is 0. The Labute approximate surface area is 419 Å². The molecular weight excluding hydrogens is 886 g/mol. The summed E-state index contributed by atoms with van der Waals surface area (Å²) in [6.45, 7) is 18.2. The Kier molecular flexibility index (Phi) is 57.9. The topological polar surface area (TPSA) is 213 Å². The molecule has 0 aliphatic rings. The molecule has 0 saturated heterocycles. The molecule has 4 aromatic rings. The van der Waals surface area contributed by atoms with E-state index in [0.29, 0.717) is 24.0 Å². The van der Waals surface area contributed by atoms with Gasteiger partial charge in [0.15, 0.2) is 5.78 Å². The van der Waals surface area contributed by atoms with Crippen LogP contribution in [0.4, 0.5) is 0 Å². The monoisotopic (exact) mass is 952 g/mol. The molecule has 0 aliphatic heterocycles. The maximum absolute atomic E-state index is 11.1. The first-order valence-electron chi connectivity index (χ1n) is 18.9. The zero-order valence-corrected chi connectivity index (χ0v) is 39.0. The minimum absolute atomic E-state index is 0. The molecule has 0 heterocycles. The average molecular weight is 954 g/mol. The van der Waals surface area contributed by atoms with Gasteiger partial charge in [-0.15, -0.1) is 0 Å². The van der Waals surface area contributed by atoms with Crippen molar-refractivity contribution in [2.45, 2.75) is 81.1 Å². The Hall–Kier alpha value is -4.63. The van der Waals surface area contributed by atoms with Crippen molar-refractivity contribution in [2.24, 2.45) is 0 Å². The molecule has 0 atom stereocenters. The van der Waals surface area contributed by atoms with Gasteiger partial charge in [0.05, 0.1) is 17.7 Å². The molecule has 0 unspecified atom stereocenters. The number of aliphatic hydroxyl groups is 3. The smallest absolute Gasteiger partial charge is 0.478 e. The summed E-state index contributed by atoms with van der Waals surface area (Å²) in [4.78, 5) is 58.4. The normalized spacial score (nSPS) is 8.45. The van der Waals surface area contributed by atoms with Crippen LogP contribution in [0.5, 0.6) is 0 Å². The molecule has 0 saturated carbocycles. The number of carboxylic acids is 2. The molecule has 0 spiro atoms. The molecular formula is C50H67BrLi2O12. The van der Waals surface area contributed by atoms with Gasteiger partial charge < -0.3 is 37.2 Å². The third kappa shape index (κ3) is 45.7. The molecule has 5 N–H and O–H groups in total. The van der Waals surface area contributed by atoms with Gasteiger partial charge in [0.1, 0.15) is 0 Å². The van der Waals surface area contributed by atoms with Gasteiger partial charge in [-0.2, -0.15) is 51.9 Å². The number of hydrogen-bond acceptors (Lipinski definition) is 10. The zero-order valence-electron chi connectivity index (χ0n) is 37.4. The second-order valence-corrected chi connectivity index (χ2v) is 13.3. The molecule has 65 heavy (non-hydrogen) atoms. The van der Waals surface area contributed by atoms with Gasteiger partial charge in [0, 0.05) is 36.3 Å². The Bertz CT molecular complexity index is 1830. The van der Waals surface area contributed by atoms with Gasteiger partial charge in [-0.05, 0) is 98.7 Å². The van der Waals surface area contributed by atoms with Crippen LogP contribution in [0.25, 0.3) is 0 Å². The fraction of sp³-hybridized carbons (Fsp3) is 0.320. The van der Waals surface area contributed by atoms with Crippen molar-refractivity contribution in [1.29, 1.82) is 0 Å². The van der Waals surface area contributed by atoms with E-state index < -0.39 is 17.9 Å². The third-order valence-electron chi connectivity index (χ3n) is 7.23. The third-order valence-corrected chi connectivity index (χ3v) is 7.76. The Morgan fingerprint density at radius 2 is 0.923 bits per heavy atom. The number of rotatable bonds is 14. The number of carbonyl (C=O) groups excluding carboxylic acids is 4. The van der Waals surface area contributed by atoms with E-state index in [1.807, 2.05) is 48.5 Å². The minimum atomic E-state index is -0.953. The van der Waals surface area contributed by atoms with Crippen LogP contribution in [0.1, 0.15) is 98.4 Å². The van der Waals surface area contributed by atoms with Gasteiger partial charge >= 0.3 is 61.8 Å². The van der Waals surface area contributed by atoms with E-state index in [1.54, 1.807) is 38.1 Å². The van der Waals surface area contributed by atoms with Gasteiger partial charge in [-0.1, -0.05) is 93.7 Å². The van der Waals surface area contributed by atoms with Crippen molar-refractivity contribution in [3.8, 4) is 0 Å². The predicted octanol–water partition coefficient (Wildman–Crippen LogP) is 3.44. The second-order valence-electron chi connectivity index (χ2n) is 12.4. The number of unbranched alkanes of at least 4 members (excludes halogenated alkanes) is 1. The van der Waals surface area contributed by atoms with Crippen LogP contribution in [0.3, 0.4) is 0 Å². The Balaban J connectivity index is -0.000000126. The van der Waals surface area contributed by atoms with Crippen LogP contribution >= 0.6 is 15.9 Å². The quantitative estimate of drug-likeness (QED) is 0.0533. The van der Waals surface area contributed by atoms with E-state index >= 15 is 0 Å². The summed E-state index contributed by atoms with van der Waals surface area (Å²) in [6.07, 6.45) is 5.14. The summed E-state index contributed by atoms with van der Waals surface area (Å²) in [5, 5.41) is 42.9. The number of carboxylic acid groups (broad SMARTS) is 2. The van der Waals surface area contributed by atoms with Crippen molar-refractivity contribution in [3.05, 3.63) is 172 Å². The summed E-state index contributed by atoms with van der Waals surface area (Å²) in [5.74, 6) is -2.22. The predicted molar refractivity (Wildman–Crippen MR) is 252 cm³/mol. The number of hydrogen-bond donors (Lipinski definition) is 5. The van der Waals surface area contributed by atoms with Crippen LogP contribution < -0.4 is 37.7 Å². The van der Waals surface area contributed by atoms with Crippen molar-refractivity contribution in [3.63, 3.8) is 0 Å². The Morgan fingerprint density at radius 3 is 1.18 bits per heavy atom. The number of allylic oxidation sites excluding steroid dienone is 1. The summed E-state index contributed by atoms with van der Waals surface area (Å²) < 4.78 is 6.01. The van der Waals surface area contributed by atoms with E-state index in [-0.39, 0.29) is 102 Å². The summed E-state index contributed by atoms with van der Waals surface area (Å²) >= 11 is 3.33. The van der Waals surface area contributed by atoms with Crippen LogP contribution in [0.2, 0.25) is 0 Å². The first kappa shape index (κ1) is 74.7. The molecule has 4 aromatic carbocycles. The van der Waals surface area contributed by atoms with Gasteiger partial charge in [0.25, 0.3) is 0 Å². The van der Waals surface area contributed by atoms with E-state index in [1.165, 1.54) is 43.2 Å². The first-order chi connectivity index (χ1) is 29.0. The maximum Gasteiger partial charge on any atom is 1.00 e. The van der Waals surface area contributed by atoms with Gasteiger partial charge in [-0.3, -0.25) is 4.79 Å². The number of ketones is 1. The number of aliphatic hydroxyl groups excluding tert-OH is 3. The largest absolute Gasteiger partial charge is 1.00 e. The van der Waals surface area contributed by atoms with Crippen LogP contribution in [0, 0.1) is 13.0 Å². The number of aromatic carboxylic acids is 2. The molecule has 0 aliphatic carbocycles. The standard InChI is InChI=1S/C13H14O4.C9H10O3.C8H9BrO.C8H9O.C5H8O.C4H9.CO2.2CH4.2Li/c1-9(2)13(16)17-8-7-10-3-5-11(6-4-10)12(14)15;10-6-5-7-1-3-8(4-2-7)9(11)12;9-8-3-1-7(2-4-8)5-6-10;9-7-6-8-4-2-1-3-5-8;1-4(2)5(3)6;1-3-4-2;2-1-3;;;;/h3-6H,1,7-8H2,2H3,(H,14,15);1-4,10H,5-6H2,(H,11,12);1-4,10H,5-6H2;2-5,9H,6-7H2;1H2,2-3H3;1,3-4H2,2H3;;2*1H4;;/q;;;-1;;-1;;;;2*+1.